The molecule has 0 aromatic carbocycles. The van der Waals surface area contributed by atoms with Gasteiger partial charge in [0.1, 0.15) is 11.8 Å². The van der Waals surface area contributed by atoms with Crippen molar-refractivity contribution in [2.75, 3.05) is 0 Å². The van der Waals surface area contributed by atoms with E-state index in [0.717, 1.165) is 11.3 Å². The molecule has 1 atom stereocenters. The maximum absolute atomic E-state index is 11.9. The molecule has 0 saturated heterocycles. The normalized spacial score (nSPS) is 13.1. The molecule has 1 amide bonds. The fourth-order valence-electron chi connectivity index (χ4n) is 1.98. The molecular formula is C14H22N2O4. The van der Waals surface area contributed by atoms with Gasteiger partial charge in [0.15, 0.2) is 0 Å². The van der Waals surface area contributed by atoms with Crippen LogP contribution in [0.5, 0.6) is 0 Å². The summed E-state index contributed by atoms with van der Waals surface area (Å²) in [6.07, 6.45) is 0.701. The van der Waals surface area contributed by atoms with Crippen molar-refractivity contribution < 1.29 is 19.2 Å². The molecule has 0 spiro atoms. The predicted octanol–water partition coefficient (Wildman–Crippen LogP) is 1.84. The third-order valence-electron chi connectivity index (χ3n) is 3.20. The molecule has 6 nitrogen and oxygen atoms in total. The van der Waals surface area contributed by atoms with Gasteiger partial charge >= 0.3 is 5.97 Å². The summed E-state index contributed by atoms with van der Waals surface area (Å²) in [5, 5.41) is 15.5. The third-order valence-corrected chi connectivity index (χ3v) is 3.20. The van der Waals surface area contributed by atoms with Gasteiger partial charge in [-0.2, -0.15) is 0 Å². The van der Waals surface area contributed by atoms with Gasteiger partial charge in [-0.3, -0.25) is 4.79 Å². The van der Waals surface area contributed by atoms with Crippen LogP contribution >= 0.6 is 0 Å². The van der Waals surface area contributed by atoms with Gasteiger partial charge in [-0.15, -0.1) is 0 Å². The number of carboxylic acid groups (broad SMARTS) is 1. The van der Waals surface area contributed by atoms with Crippen LogP contribution < -0.4 is 5.32 Å². The summed E-state index contributed by atoms with van der Waals surface area (Å²) in [4.78, 5) is 23.1. The summed E-state index contributed by atoms with van der Waals surface area (Å²) < 4.78 is 5.03. The largest absolute Gasteiger partial charge is 0.480 e. The van der Waals surface area contributed by atoms with E-state index in [0.29, 0.717) is 12.2 Å². The average Bonchev–Trinajstić information content (AvgIpc) is 2.61. The summed E-state index contributed by atoms with van der Waals surface area (Å²) in [5.41, 5.74) is 1.13. The van der Waals surface area contributed by atoms with Crippen molar-refractivity contribution in [2.24, 2.45) is 5.41 Å². The minimum absolute atomic E-state index is 0.211. The first-order valence-corrected chi connectivity index (χ1v) is 6.57. The Bertz CT molecular complexity index is 480. The summed E-state index contributed by atoms with van der Waals surface area (Å²) in [5.74, 6) is -0.614. The summed E-state index contributed by atoms with van der Waals surface area (Å²) in [6, 6.07) is -0.903. The molecule has 20 heavy (non-hydrogen) atoms. The quantitative estimate of drug-likeness (QED) is 0.859. The number of nitrogens with zero attached hydrogens (tertiary/aromatic N) is 1. The maximum Gasteiger partial charge on any atom is 0.326 e. The van der Waals surface area contributed by atoms with Crippen LogP contribution in [0.25, 0.3) is 0 Å². The maximum atomic E-state index is 11.9. The highest BCUT2D eigenvalue weighted by Crippen LogP contribution is 2.20. The summed E-state index contributed by atoms with van der Waals surface area (Å²) in [7, 11) is 0. The number of carbonyl (C=O) groups excluding carboxylic acids is 1. The average molecular weight is 282 g/mol. The minimum atomic E-state index is -1.02. The number of carboxylic acids is 1. The fourth-order valence-corrected chi connectivity index (χ4v) is 1.98. The SMILES string of the molecule is Cc1noc(C)c1CCC(=O)N[C@@H](C(=O)O)C(C)(C)C. The first-order chi connectivity index (χ1) is 9.12. The topological polar surface area (TPSA) is 92.4 Å². The Morgan fingerprint density at radius 2 is 1.95 bits per heavy atom. The lowest BCUT2D eigenvalue weighted by molar-refractivity contribution is -0.144. The first kappa shape index (κ1) is 16.2. The minimum Gasteiger partial charge on any atom is -0.480 e. The lowest BCUT2D eigenvalue weighted by Crippen LogP contribution is -2.49. The molecule has 1 aromatic rings. The molecule has 0 fully saturated rings. The number of carbonyl (C=O) groups is 2. The molecule has 0 aliphatic rings. The van der Waals surface area contributed by atoms with Gasteiger partial charge in [0.05, 0.1) is 5.69 Å². The van der Waals surface area contributed by atoms with Crippen molar-refractivity contribution >= 4 is 11.9 Å². The number of hydrogen-bond acceptors (Lipinski definition) is 4. The number of aromatic nitrogens is 1. The second kappa shape index (κ2) is 6.07. The highest BCUT2D eigenvalue weighted by atomic mass is 16.5. The molecule has 0 bridgehead atoms. The smallest absolute Gasteiger partial charge is 0.326 e. The van der Waals surface area contributed by atoms with Gasteiger partial charge in [0.25, 0.3) is 0 Å². The number of rotatable bonds is 5. The fraction of sp³-hybridized carbons (Fsp3) is 0.643. The van der Waals surface area contributed by atoms with E-state index in [1.54, 1.807) is 27.7 Å². The number of amides is 1. The van der Waals surface area contributed by atoms with E-state index in [9.17, 15) is 9.59 Å². The number of hydrogen-bond donors (Lipinski definition) is 2. The number of nitrogens with one attached hydrogen (secondary N) is 1. The Morgan fingerprint density at radius 1 is 1.35 bits per heavy atom. The second-order valence-electron chi connectivity index (χ2n) is 6.01. The van der Waals surface area contributed by atoms with Crippen molar-refractivity contribution in [1.82, 2.24) is 10.5 Å². The molecule has 1 heterocycles. The molecule has 0 aliphatic heterocycles. The molecule has 1 aromatic heterocycles. The Balaban J connectivity index is 2.62. The Labute approximate surface area is 118 Å². The van der Waals surface area contributed by atoms with Crippen molar-refractivity contribution in [3.05, 3.63) is 17.0 Å². The molecular weight excluding hydrogens is 260 g/mol. The second-order valence-corrected chi connectivity index (χ2v) is 6.01. The van der Waals surface area contributed by atoms with Crippen molar-refractivity contribution in [3.8, 4) is 0 Å². The van der Waals surface area contributed by atoms with Gasteiger partial charge in [-0.1, -0.05) is 25.9 Å². The Hall–Kier alpha value is -1.85. The van der Waals surface area contributed by atoms with Crippen LogP contribution in [0.2, 0.25) is 0 Å². The van der Waals surface area contributed by atoms with Crippen LogP contribution in [0.4, 0.5) is 0 Å². The zero-order chi connectivity index (χ0) is 15.5. The third kappa shape index (κ3) is 4.08. The van der Waals surface area contributed by atoms with Crippen molar-refractivity contribution in [2.45, 2.75) is 53.5 Å². The van der Waals surface area contributed by atoms with Crippen LogP contribution in [0, 0.1) is 19.3 Å². The molecule has 0 unspecified atom stereocenters. The highest BCUT2D eigenvalue weighted by molar-refractivity contribution is 5.84. The van der Waals surface area contributed by atoms with Crippen LogP contribution in [0.3, 0.4) is 0 Å². The molecule has 0 saturated carbocycles. The van der Waals surface area contributed by atoms with Crippen LogP contribution in [-0.2, 0) is 16.0 Å². The van der Waals surface area contributed by atoms with Crippen molar-refractivity contribution in [1.29, 1.82) is 0 Å². The Kier molecular flexibility index (Phi) is 4.92. The standard InChI is InChI=1S/C14H22N2O4/c1-8-10(9(2)20-16-8)6-7-11(17)15-12(13(18)19)14(3,4)5/h12H,6-7H2,1-5H3,(H,15,17)(H,18,19)/t12-/m0/s1. The van der Waals surface area contributed by atoms with E-state index >= 15 is 0 Å². The summed E-state index contributed by atoms with van der Waals surface area (Å²) >= 11 is 0. The highest BCUT2D eigenvalue weighted by Gasteiger charge is 2.32. The first-order valence-electron chi connectivity index (χ1n) is 6.57. The van der Waals surface area contributed by atoms with E-state index in [1.807, 2.05) is 6.92 Å². The molecule has 6 heteroatoms. The molecule has 2 N–H and O–H groups in total. The zero-order valence-electron chi connectivity index (χ0n) is 12.6. The van der Waals surface area contributed by atoms with Gasteiger partial charge in [-0.25, -0.2) is 4.79 Å². The molecule has 112 valence electrons. The molecule has 1 rings (SSSR count). The van der Waals surface area contributed by atoms with Crippen molar-refractivity contribution in [3.63, 3.8) is 0 Å². The Morgan fingerprint density at radius 3 is 2.35 bits per heavy atom. The van der Waals surface area contributed by atoms with Gasteiger partial charge in [0.2, 0.25) is 5.91 Å². The molecule has 0 radical (unpaired) electrons. The van der Waals surface area contributed by atoms with Crippen LogP contribution in [-0.4, -0.2) is 28.2 Å². The monoisotopic (exact) mass is 282 g/mol. The van der Waals surface area contributed by atoms with Crippen LogP contribution in [0.15, 0.2) is 4.52 Å². The van der Waals surface area contributed by atoms with Crippen LogP contribution in [0.1, 0.15) is 44.2 Å². The zero-order valence-corrected chi connectivity index (χ0v) is 12.6. The van der Waals surface area contributed by atoms with E-state index in [-0.39, 0.29) is 12.3 Å². The van der Waals surface area contributed by atoms with Gasteiger partial charge < -0.3 is 14.9 Å². The van der Waals surface area contributed by atoms with E-state index < -0.39 is 17.4 Å². The van der Waals surface area contributed by atoms with Gasteiger partial charge in [-0.05, 0) is 25.7 Å². The number of aliphatic carboxylic acids is 1. The van der Waals surface area contributed by atoms with E-state index in [4.69, 9.17) is 9.63 Å². The predicted molar refractivity (Wildman–Crippen MR) is 73.3 cm³/mol. The number of aryl methyl sites for hydroxylation is 2. The van der Waals surface area contributed by atoms with E-state index in [1.165, 1.54) is 0 Å². The lowest BCUT2D eigenvalue weighted by Gasteiger charge is -2.27. The van der Waals surface area contributed by atoms with Gasteiger partial charge in [0, 0.05) is 12.0 Å². The molecule has 0 aliphatic carbocycles. The summed E-state index contributed by atoms with van der Waals surface area (Å²) in [6.45, 7) is 8.95. The lowest BCUT2D eigenvalue weighted by atomic mass is 9.86. The van der Waals surface area contributed by atoms with E-state index in [2.05, 4.69) is 10.5 Å².